The molecule has 1 aromatic carbocycles. The van der Waals surface area contributed by atoms with Gasteiger partial charge < -0.3 is 16.0 Å². The van der Waals surface area contributed by atoms with Crippen LogP contribution in [-0.4, -0.2) is 29.0 Å². The normalized spacial score (nSPS) is 9.83. The van der Waals surface area contributed by atoms with Gasteiger partial charge in [-0.2, -0.15) is 4.98 Å². The lowest BCUT2D eigenvalue weighted by Gasteiger charge is -2.11. The highest BCUT2D eigenvalue weighted by Crippen LogP contribution is 2.26. The molecule has 1 amide bonds. The average Bonchev–Trinajstić information content (AvgIpc) is 2.50. The van der Waals surface area contributed by atoms with Gasteiger partial charge in [0, 0.05) is 37.5 Å². The maximum Gasteiger partial charge on any atom is 0.229 e. The molecule has 9 heteroatoms. The third-order valence-corrected chi connectivity index (χ3v) is 3.68. The van der Waals surface area contributed by atoms with Crippen molar-refractivity contribution in [1.82, 2.24) is 15.3 Å². The van der Waals surface area contributed by atoms with E-state index >= 15 is 0 Å². The van der Waals surface area contributed by atoms with Gasteiger partial charge in [0.25, 0.3) is 0 Å². The summed E-state index contributed by atoms with van der Waals surface area (Å²) in [6.45, 7) is 4.48. The van der Waals surface area contributed by atoms with E-state index in [1.807, 2.05) is 6.92 Å². The van der Waals surface area contributed by atoms with E-state index in [9.17, 15) is 4.79 Å². The average molecular weight is 391 g/mol. The molecule has 2 rings (SSSR count). The first-order chi connectivity index (χ1) is 11.0. The number of hydrogen-bond acceptors (Lipinski definition) is 5. The van der Waals surface area contributed by atoms with Crippen molar-refractivity contribution in [3.8, 4) is 0 Å². The maximum atomic E-state index is 10.8. The van der Waals surface area contributed by atoms with E-state index in [2.05, 4.69) is 25.9 Å². The molecule has 0 saturated carbocycles. The molecule has 0 spiro atoms. The van der Waals surface area contributed by atoms with Gasteiger partial charge in [-0.3, -0.25) is 4.79 Å². The molecular weight excluding hydrogens is 373 g/mol. The molecule has 0 fully saturated rings. The van der Waals surface area contributed by atoms with Gasteiger partial charge in [0.2, 0.25) is 11.9 Å². The number of carbonyl (C=O) groups is 1. The molecule has 3 N–H and O–H groups in total. The van der Waals surface area contributed by atoms with Crippen molar-refractivity contribution in [2.75, 3.05) is 23.7 Å². The number of rotatable bonds is 6. The second-order valence-corrected chi connectivity index (χ2v) is 5.70. The van der Waals surface area contributed by atoms with Crippen molar-refractivity contribution in [2.45, 2.75) is 13.8 Å². The van der Waals surface area contributed by atoms with Crippen LogP contribution in [0, 0.1) is 6.92 Å². The van der Waals surface area contributed by atoms with Crippen LogP contribution in [-0.2, 0) is 4.79 Å². The van der Waals surface area contributed by atoms with E-state index < -0.39 is 0 Å². The summed E-state index contributed by atoms with van der Waals surface area (Å²) in [4.78, 5) is 19.5. The molecule has 0 atom stereocenters. The molecule has 130 valence electrons. The fourth-order valence-electron chi connectivity index (χ4n) is 1.80. The van der Waals surface area contributed by atoms with Gasteiger partial charge in [-0.05, 0) is 25.1 Å². The maximum absolute atomic E-state index is 10.8. The van der Waals surface area contributed by atoms with Crippen LogP contribution in [0.2, 0.25) is 10.0 Å². The lowest BCUT2D eigenvalue weighted by molar-refractivity contribution is -0.118. The van der Waals surface area contributed by atoms with E-state index in [1.165, 1.54) is 6.92 Å². The molecule has 24 heavy (non-hydrogen) atoms. The second kappa shape index (κ2) is 9.52. The van der Waals surface area contributed by atoms with Crippen molar-refractivity contribution >= 4 is 59.0 Å². The molecule has 1 aromatic heterocycles. The van der Waals surface area contributed by atoms with Gasteiger partial charge in [-0.1, -0.05) is 23.2 Å². The number of carbonyl (C=O) groups excluding carboxylic acids is 1. The number of aryl methyl sites for hydroxylation is 1. The van der Waals surface area contributed by atoms with Crippen LogP contribution in [0.5, 0.6) is 0 Å². The van der Waals surface area contributed by atoms with E-state index in [-0.39, 0.29) is 18.3 Å². The Balaban J connectivity index is 0.00000288. The predicted molar refractivity (Wildman–Crippen MR) is 101 cm³/mol. The summed E-state index contributed by atoms with van der Waals surface area (Å²) in [7, 11) is 0. The zero-order valence-electron chi connectivity index (χ0n) is 13.2. The zero-order valence-corrected chi connectivity index (χ0v) is 15.5. The summed E-state index contributed by atoms with van der Waals surface area (Å²) >= 11 is 11.9. The fourth-order valence-corrected chi connectivity index (χ4v) is 2.10. The molecule has 0 aliphatic carbocycles. The quantitative estimate of drug-likeness (QED) is 0.654. The summed E-state index contributed by atoms with van der Waals surface area (Å²) in [5.74, 6) is 1.08. The number of amides is 1. The van der Waals surface area contributed by atoms with Crippen LogP contribution in [0.25, 0.3) is 0 Å². The predicted octanol–water partition coefficient (Wildman–Crippen LogP) is 3.81. The van der Waals surface area contributed by atoms with Crippen molar-refractivity contribution < 1.29 is 4.79 Å². The van der Waals surface area contributed by atoms with Crippen LogP contribution in [0.3, 0.4) is 0 Å². The highest BCUT2D eigenvalue weighted by Gasteiger charge is 2.05. The monoisotopic (exact) mass is 389 g/mol. The molecule has 0 aliphatic heterocycles. The van der Waals surface area contributed by atoms with Gasteiger partial charge in [0.1, 0.15) is 5.82 Å². The summed E-state index contributed by atoms with van der Waals surface area (Å²) in [5.41, 5.74) is 1.65. The number of nitrogens with one attached hydrogen (secondary N) is 3. The first kappa shape index (κ1) is 20.3. The topological polar surface area (TPSA) is 78.9 Å². The van der Waals surface area contributed by atoms with Gasteiger partial charge in [0.05, 0.1) is 10.0 Å². The minimum absolute atomic E-state index is 0. The van der Waals surface area contributed by atoms with Crippen LogP contribution in [0.1, 0.15) is 12.5 Å². The summed E-state index contributed by atoms with van der Waals surface area (Å²) < 4.78 is 0. The molecule has 0 radical (unpaired) electrons. The van der Waals surface area contributed by atoms with Gasteiger partial charge >= 0.3 is 0 Å². The Morgan fingerprint density at radius 3 is 2.62 bits per heavy atom. The molecule has 0 aliphatic rings. The Bertz CT molecular complexity index is 712. The SMILES string of the molecule is CC(=O)NCCNc1nc(Nc2ccc(Cl)c(Cl)c2)ncc1C.Cl. The lowest BCUT2D eigenvalue weighted by Crippen LogP contribution is -2.26. The Hall–Kier alpha value is -1.76. The number of halogens is 3. The minimum Gasteiger partial charge on any atom is -0.368 e. The van der Waals surface area contributed by atoms with Crippen LogP contribution in [0.15, 0.2) is 24.4 Å². The zero-order chi connectivity index (χ0) is 16.8. The molecular formula is C15H18Cl3N5O. The summed E-state index contributed by atoms with van der Waals surface area (Å²) in [5, 5.41) is 9.89. The Morgan fingerprint density at radius 2 is 1.96 bits per heavy atom. The number of aromatic nitrogens is 2. The highest BCUT2D eigenvalue weighted by molar-refractivity contribution is 6.42. The third kappa shape index (κ3) is 6.03. The Morgan fingerprint density at radius 1 is 1.21 bits per heavy atom. The van der Waals surface area contributed by atoms with Crippen LogP contribution < -0.4 is 16.0 Å². The van der Waals surface area contributed by atoms with Crippen molar-refractivity contribution in [1.29, 1.82) is 0 Å². The molecule has 0 bridgehead atoms. The van der Waals surface area contributed by atoms with E-state index in [1.54, 1.807) is 24.4 Å². The molecule has 6 nitrogen and oxygen atoms in total. The van der Waals surface area contributed by atoms with Crippen LogP contribution >= 0.6 is 35.6 Å². The highest BCUT2D eigenvalue weighted by atomic mass is 35.5. The smallest absolute Gasteiger partial charge is 0.229 e. The molecule has 0 unspecified atom stereocenters. The fraction of sp³-hybridized carbons (Fsp3) is 0.267. The van der Waals surface area contributed by atoms with Gasteiger partial charge in [-0.15, -0.1) is 12.4 Å². The van der Waals surface area contributed by atoms with Crippen LogP contribution in [0.4, 0.5) is 17.5 Å². The first-order valence-electron chi connectivity index (χ1n) is 6.99. The third-order valence-electron chi connectivity index (χ3n) is 2.94. The van der Waals surface area contributed by atoms with Crippen molar-refractivity contribution in [3.63, 3.8) is 0 Å². The number of hydrogen-bond donors (Lipinski definition) is 3. The summed E-state index contributed by atoms with van der Waals surface area (Å²) in [6, 6.07) is 5.20. The van der Waals surface area contributed by atoms with Gasteiger partial charge in [-0.25, -0.2) is 4.98 Å². The molecule has 0 saturated heterocycles. The van der Waals surface area contributed by atoms with Crippen molar-refractivity contribution in [2.24, 2.45) is 0 Å². The largest absolute Gasteiger partial charge is 0.368 e. The summed E-state index contributed by atoms with van der Waals surface area (Å²) in [6.07, 6.45) is 1.72. The standard InChI is InChI=1S/C15H17Cl2N5O.ClH/c1-9-8-20-15(21-11-3-4-12(16)13(17)7-11)22-14(9)19-6-5-18-10(2)23;/h3-4,7-8H,5-6H2,1-2H3,(H,18,23)(H2,19,20,21,22);1H. The second-order valence-electron chi connectivity index (χ2n) is 4.89. The number of benzene rings is 1. The Kier molecular flexibility index (Phi) is 8.04. The Labute approximate surface area is 156 Å². The minimum atomic E-state index is -0.0619. The molecule has 2 aromatic rings. The van der Waals surface area contributed by atoms with E-state index in [0.717, 1.165) is 11.3 Å². The molecule has 1 heterocycles. The van der Waals surface area contributed by atoms with E-state index in [0.29, 0.717) is 34.9 Å². The number of nitrogens with zero attached hydrogens (tertiary/aromatic N) is 2. The number of anilines is 3. The van der Waals surface area contributed by atoms with Gasteiger partial charge in [0.15, 0.2) is 0 Å². The van der Waals surface area contributed by atoms with Crippen molar-refractivity contribution in [3.05, 3.63) is 40.0 Å². The first-order valence-corrected chi connectivity index (χ1v) is 7.75. The lowest BCUT2D eigenvalue weighted by atomic mass is 10.3. The van der Waals surface area contributed by atoms with E-state index in [4.69, 9.17) is 23.2 Å².